The van der Waals surface area contributed by atoms with E-state index in [9.17, 15) is 4.39 Å². The van der Waals surface area contributed by atoms with Crippen molar-refractivity contribution in [1.82, 2.24) is 9.78 Å². The molecule has 0 unspecified atom stereocenters. The quantitative estimate of drug-likeness (QED) is 0.623. The highest BCUT2D eigenvalue weighted by Gasteiger charge is 2.18. The summed E-state index contributed by atoms with van der Waals surface area (Å²) in [6, 6.07) is 8.76. The molecule has 7 heteroatoms. The zero-order valence-corrected chi connectivity index (χ0v) is 16.4. The van der Waals surface area contributed by atoms with Gasteiger partial charge in [-0.3, -0.25) is 4.68 Å². The predicted octanol–water partition coefficient (Wildman–Crippen LogP) is 4.49. The number of anilines is 1. The highest BCUT2D eigenvalue weighted by molar-refractivity contribution is 7.16. The van der Waals surface area contributed by atoms with Crippen LogP contribution in [-0.2, 0) is 19.9 Å². The van der Waals surface area contributed by atoms with Crippen LogP contribution in [0.1, 0.15) is 17.4 Å². The topological polar surface area (TPSA) is 55.9 Å². The van der Waals surface area contributed by atoms with Crippen molar-refractivity contribution in [2.24, 2.45) is 12.8 Å². The molecule has 3 rings (SSSR count). The van der Waals surface area contributed by atoms with E-state index < -0.39 is 0 Å². The molecule has 0 bridgehead atoms. The van der Waals surface area contributed by atoms with Crippen LogP contribution in [0.4, 0.5) is 9.39 Å². The number of nitrogens with two attached hydrogens (primary N) is 1. The molecule has 2 heterocycles. The Morgan fingerprint density at radius 3 is 2.81 bits per heavy atom. The molecule has 1 atom stereocenters. The number of rotatable bonds is 7. The molecule has 0 saturated heterocycles. The van der Waals surface area contributed by atoms with Gasteiger partial charge in [0.25, 0.3) is 0 Å². The molecular formula is C19H22ClFN4S. The first-order valence-corrected chi connectivity index (χ1v) is 9.72. The molecule has 3 N–H and O–H groups in total. The molecule has 0 spiro atoms. The smallest absolute Gasteiger partial charge is 0.123 e. The largest absolute Gasteiger partial charge is 0.373 e. The molecule has 4 nitrogen and oxygen atoms in total. The molecule has 0 aliphatic heterocycles. The predicted molar refractivity (Wildman–Crippen MR) is 107 cm³/mol. The van der Waals surface area contributed by atoms with Gasteiger partial charge in [-0.1, -0.05) is 30.7 Å². The summed E-state index contributed by atoms with van der Waals surface area (Å²) in [6.45, 7) is 2.58. The van der Waals surface area contributed by atoms with Crippen molar-refractivity contribution >= 4 is 27.9 Å². The average molecular weight is 393 g/mol. The SMILES string of the molecule is CCc1sc(N[C@H](CN)Cc2cccc(F)c2)cc1-c1c(Cl)cnn1C. The highest BCUT2D eigenvalue weighted by atomic mass is 35.5. The Hall–Kier alpha value is -1.89. The minimum Gasteiger partial charge on any atom is -0.373 e. The Morgan fingerprint density at radius 1 is 1.38 bits per heavy atom. The van der Waals surface area contributed by atoms with Crippen LogP contribution in [0.3, 0.4) is 0 Å². The van der Waals surface area contributed by atoms with Crippen LogP contribution in [0.5, 0.6) is 0 Å². The minimum absolute atomic E-state index is 0.0232. The van der Waals surface area contributed by atoms with Gasteiger partial charge >= 0.3 is 0 Å². The number of benzene rings is 1. The van der Waals surface area contributed by atoms with Crippen molar-refractivity contribution in [2.45, 2.75) is 25.8 Å². The van der Waals surface area contributed by atoms with Gasteiger partial charge in [0.1, 0.15) is 5.82 Å². The van der Waals surface area contributed by atoms with Gasteiger partial charge in [0.15, 0.2) is 0 Å². The molecule has 138 valence electrons. The van der Waals surface area contributed by atoms with Crippen molar-refractivity contribution in [3.63, 3.8) is 0 Å². The van der Waals surface area contributed by atoms with E-state index in [4.69, 9.17) is 17.3 Å². The van der Waals surface area contributed by atoms with E-state index in [0.717, 1.165) is 28.2 Å². The summed E-state index contributed by atoms with van der Waals surface area (Å²) in [5.74, 6) is -0.226. The standard InChI is InChI=1S/C19H22ClFN4S/c1-3-17-15(19-16(20)11-23-25(19)2)9-18(26-17)24-14(10-22)8-12-5-4-6-13(21)7-12/h4-7,9,11,14,24H,3,8,10,22H2,1-2H3/t14-/m0/s1. The molecule has 0 amide bonds. The maximum Gasteiger partial charge on any atom is 0.123 e. The average Bonchev–Trinajstić information content (AvgIpc) is 3.16. The van der Waals surface area contributed by atoms with Crippen LogP contribution in [0.2, 0.25) is 5.02 Å². The summed E-state index contributed by atoms with van der Waals surface area (Å²) >= 11 is 8.01. The lowest BCUT2D eigenvalue weighted by atomic mass is 10.1. The minimum atomic E-state index is -0.226. The summed E-state index contributed by atoms with van der Waals surface area (Å²) in [6.07, 6.45) is 3.23. The second kappa shape index (κ2) is 8.20. The molecule has 0 radical (unpaired) electrons. The number of aromatic nitrogens is 2. The van der Waals surface area contributed by atoms with Crippen LogP contribution in [0.25, 0.3) is 11.3 Å². The van der Waals surface area contributed by atoms with Gasteiger partial charge in [-0.15, -0.1) is 11.3 Å². The van der Waals surface area contributed by atoms with Crippen LogP contribution >= 0.6 is 22.9 Å². The lowest BCUT2D eigenvalue weighted by Gasteiger charge is -2.17. The Morgan fingerprint density at radius 2 is 2.19 bits per heavy atom. The number of halogens is 2. The maximum absolute atomic E-state index is 13.4. The van der Waals surface area contributed by atoms with Crippen molar-refractivity contribution in [1.29, 1.82) is 0 Å². The highest BCUT2D eigenvalue weighted by Crippen LogP contribution is 2.38. The molecule has 3 aromatic rings. The second-order valence-electron chi connectivity index (χ2n) is 6.18. The van der Waals surface area contributed by atoms with E-state index in [1.165, 1.54) is 10.9 Å². The van der Waals surface area contributed by atoms with E-state index in [1.807, 2.05) is 13.1 Å². The third-order valence-corrected chi connectivity index (χ3v) is 5.77. The van der Waals surface area contributed by atoms with Gasteiger partial charge in [0, 0.05) is 30.1 Å². The van der Waals surface area contributed by atoms with E-state index in [-0.39, 0.29) is 11.9 Å². The number of nitrogens with zero attached hydrogens (tertiary/aromatic N) is 2. The number of hydrogen-bond acceptors (Lipinski definition) is 4. The van der Waals surface area contributed by atoms with Gasteiger partial charge in [-0.25, -0.2) is 4.39 Å². The third-order valence-electron chi connectivity index (χ3n) is 4.28. The summed E-state index contributed by atoms with van der Waals surface area (Å²) in [5, 5.41) is 9.39. The zero-order valence-electron chi connectivity index (χ0n) is 14.8. The molecule has 2 aromatic heterocycles. The van der Waals surface area contributed by atoms with Crippen molar-refractivity contribution in [3.8, 4) is 11.3 Å². The Bertz CT molecular complexity index is 870. The second-order valence-corrected chi connectivity index (χ2v) is 7.72. The fraction of sp³-hybridized carbons (Fsp3) is 0.316. The van der Waals surface area contributed by atoms with Gasteiger partial charge in [0.2, 0.25) is 0 Å². The molecule has 0 saturated carbocycles. The van der Waals surface area contributed by atoms with Crippen molar-refractivity contribution in [2.75, 3.05) is 11.9 Å². The Labute approximate surface area is 161 Å². The number of nitrogens with one attached hydrogen (secondary N) is 1. The lowest BCUT2D eigenvalue weighted by Crippen LogP contribution is -2.30. The van der Waals surface area contributed by atoms with E-state index in [1.54, 1.807) is 34.3 Å². The first-order valence-electron chi connectivity index (χ1n) is 8.53. The fourth-order valence-corrected chi connectivity index (χ4v) is 4.37. The van der Waals surface area contributed by atoms with Gasteiger partial charge < -0.3 is 11.1 Å². The van der Waals surface area contributed by atoms with Gasteiger partial charge in [0.05, 0.1) is 21.9 Å². The molecular weight excluding hydrogens is 371 g/mol. The normalized spacial score (nSPS) is 12.3. The van der Waals surface area contributed by atoms with Gasteiger partial charge in [-0.2, -0.15) is 5.10 Å². The summed E-state index contributed by atoms with van der Waals surface area (Å²) in [5.41, 5.74) is 8.87. The third kappa shape index (κ3) is 4.09. The Balaban J connectivity index is 1.83. The van der Waals surface area contributed by atoms with Crippen molar-refractivity contribution in [3.05, 3.63) is 57.8 Å². The zero-order chi connectivity index (χ0) is 18.7. The van der Waals surface area contributed by atoms with Crippen LogP contribution in [-0.4, -0.2) is 22.4 Å². The van der Waals surface area contributed by atoms with Crippen LogP contribution in [0, 0.1) is 5.82 Å². The monoisotopic (exact) mass is 392 g/mol. The summed E-state index contributed by atoms with van der Waals surface area (Å²) in [4.78, 5) is 1.24. The Kier molecular flexibility index (Phi) is 5.96. The molecule has 0 aliphatic carbocycles. The van der Waals surface area contributed by atoms with Crippen LogP contribution in [0.15, 0.2) is 36.5 Å². The van der Waals surface area contributed by atoms with Gasteiger partial charge in [-0.05, 0) is 36.6 Å². The van der Waals surface area contributed by atoms with Crippen molar-refractivity contribution < 1.29 is 4.39 Å². The summed E-state index contributed by atoms with van der Waals surface area (Å²) < 4.78 is 15.2. The first-order chi connectivity index (χ1) is 12.5. The maximum atomic E-state index is 13.4. The molecule has 0 aliphatic rings. The number of aryl methyl sites for hydroxylation is 2. The van der Waals surface area contributed by atoms with E-state index in [2.05, 4.69) is 23.4 Å². The summed E-state index contributed by atoms with van der Waals surface area (Å²) in [7, 11) is 1.89. The molecule has 26 heavy (non-hydrogen) atoms. The van der Waals surface area contributed by atoms with Crippen LogP contribution < -0.4 is 11.1 Å². The lowest BCUT2D eigenvalue weighted by molar-refractivity contribution is 0.622. The molecule has 1 aromatic carbocycles. The number of thiophene rings is 1. The molecule has 0 fully saturated rings. The fourth-order valence-electron chi connectivity index (χ4n) is 3.02. The number of hydrogen-bond donors (Lipinski definition) is 2. The first kappa shape index (κ1) is 18.9. The van der Waals surface area contributed by atoms with E-state index in [0.29, 0.717) is 18.0 Å². The van der Waals surface area contributed by atoms with E-state index >= 15 is 0 Å².